The number of aliphatic carboxylic acids is 1. The second-order valence-corrected chi connectivity index (χ2v) is 17.2. The summed E-state index contributed by atoms with van der Waals surface area (Å²) in [5.41, 5.74) is 6.76. The lowest BCUT2D eigenvalue weighted by molar-refractivity contribution is -0.580. The maximum atomic E-state index is 13.3. The number of hydrogen-bond acceptors (Lipinski definition) is 9. The van der Waals surface area contributed by atoms with E-state index in [-0.39, 0.29) is 28.7 Å². The number of carboxylic acid groups (broad SMARTS) is 1. The predicted octanol–water partition coefficient (Wildman–Crippen LogP) is 6.22. The monoisotopic (exact) mass is 866 g/mol. The van der Waals surface area contributed by atoms with Gasteiger partial charge in [0, 0.05) is 41.8 Å². The van der Waals surface area contributed by atoms with Crippen molar-refractivity contribution >= 4 is 45.5 Å². The van der Waals surface area contributed by atoms with Crippen LogP contribution in [0.1, 0.15) is 90.5 Å². The molecule has 5 rings (SSSR count). The summed E-state index contributed by atoms with van der Waals surface area (Å²) in [5, 5.41) is 19.6. The number of nitrogens with one attached hydrogen (secondary N) is 2. The van der Waals surface area contributed by atoms with E-state index in [4.69, 9.17) is 9.47 Å². The first-order chi connectivity index (χ1) is 29.7. The van der Waals surface area contributed by atoms with Gasteiger partial charge in [0.15, 0.2) is 0 Å². The molecule has 14 nitrogen and oxygen atoms in total. The summed E-state index contributed by atoms with van der Waals surface area (Å²) in [7, 11) is -4.40. The van der Waals surface area contributed by atoms with Crippen LogP contribution in [0.4, 0.5) is 5.82 Å². The Hall–Kier alpha value is -6.16. The summed E-state index contributed by atoms with van der Waals surface area (Å²) in [6, 6.07) is 19.1. The third-order valence-electron chi connectivity index (χ3n) is 10.6. The van der Waals surface area contributed by atoms with Crippen LogP contribution in [0.5, 0.6) is 11.5 Å². The highest BCUT2D eigenvalue weighted by Crippen LogP contribution is 2.36. The number of nitrogens with two attached hydrogens (primary N) is 1. The SMILES string of the molecule is C=CCc1c(OCCCCC(C)(C)C(=O)N[C@@H](Cc2ccc(OCCCNC(=O)c3ccc([NH2+]/N=C\c4ccccc4S(=O)(=O)O)nc3)cc2)C(=O)O)ccc2c1CCCC2=C. The Morgan fingerprint density at radius 2 is 1.74 bits per heavy atom. The number of aromatic nitrogens is 1. The van der Waals surface area contributed by atoms with Gasteiger partial charge in [0.25, 0.3) is 21.8 Å². The Balaban J connectivity index is 0.991. The maximum absolute atomic E-state index is 13.3. The van der Waals surface area contributed by atoms with Gasteiger partial charge in [-0.1, -0.05) is 68.0 Å². The third kappa shape index (κ3) is 13.4. The number of rotatable bonds is 23. The van der Waals surface area contributed by atoms with Crippen molar-refractivity contribution in [3.8, 4) is 11.5 Å². The molecule has 1 aliphatic carbocycles. The Bertz CT molecular complexity index is 2360. The highest BCUT2D eigenvalue weighted by molar-refractivity contribution is 7.86. The molecule has 15 heteroatoms. The smallest absolute Gasteiger partial charge is 0.326 e. The molecule has 62 heavy (non-hydrogen) atoms. The fourth-order valence-electron chi connectivity index (χ4n) is 7.08. The molecule has 0 radical (unpaired) electrons. The van der Waals surface area contributed by atoms with Gasteiger partial charge in [-0.2, -0.15) is 13.8 Å². The van der Waals surface area contributed by atoms with Gasteiger partial charge in [-0.3, -0.25) is 14.1 Å². The summed E-state index contributed by atoms with van der Waals surface area (Å²) in [5.74, 6) is 0.122. The molecule has 0 aliphatic heterocycles. The van der Waals surface area contributed by atoms with Crippen molar-refractivity contribution in [2.75, 3.05) is 19.8 Å². The summed E-state index contributed by atoms with van der Waals surface area (Å²) >= 11 is 0. The number of nitrogens with zero attached hydrogens (tertiary/aromatic N) is 2. The maximum Gasteiger partial charge on any atom is 0.326 e. The number of benzene rings is 3. The first-order valence-corrected chi connectivity index (χ1v) is 22.1. The average Bonchev–Trinajstić information content (AvgIpc) is 3.24. The van der Waals surface area contributed by atoms with Gasteiger partial charge in [-0.25, -0.2) is 9.78 Å². The molecule has 1 atom stereocenters. The van der Waals surface area contributed by atoms with Gasteiger partial charge < -0.3 is 25.2 Å². The van der Waals surface area contributed by atoms with E-state index in [1.807, 2.05) is 26.0 Å². The van der Waals surface area contributed by atoms with E-state index >= 15 is 0 Å². The van der Waals surface area contributed by atoms with Gasteiger partial charge in [0.05, 0.1) is 25.0 Å². The van der Waals surface area contributed by atoms with Gasteiger partial charge in [0.1, 0.15) is 22.4 Å². The number of amides is 2. The first kappa shape index (κ1) is 46.9. The molecule has 3 aromatic carbocycles. The number of pyridine rings is 1. The second kappa shape index (κ2) is 22.1. The van der Waals surface area contributed by atoms with Crippen molar-refractivity contribution in [1.82, 2.24) is 15.6 Å². The molecule has 0 saturated heterocycles. The molecule has 1 aromatic heterocycles. The molecule has 0 fully saturated rings. The lowest BCUT2D eigenvalue weighted by atomic mass is 9.84. The number of allylic oxidation sites excluding steroid dienone is 2. The first-order valence-electron chi connectivity index (χ1n) is 20.7. The molecule has 328 valence electrons. The Kier molecular flexibility index (Phi) is 16.7. The zero-order chi connectivity index (χ0) is 44.7. The van der Waals surface area contributed by atoms with Gasteiger partial charge in [-0.15, -0.1) is 6.58 Å². The molecular formula is C47H56N5O9S+. The number of carboxylic acids is 1. The normalized spacial score (nSPS) is 13.2. The zero-order valence-electron chi connectivity index (χ0n) is 35.3. The van der Waals surface area contributed by atoms with Crippen LogP contribution < -0.4 is 25.5 Å². The predicted molar refractivity (Wildman–Crippen MR) is 237 cm³/mol. The molecule has 0 saturated carbocycles. The standard InChI is InChI=1S/C47H55N5O9S/c1-5-12-39-38-15-10-13-32(2)37(38)22-23-41(39)61-27-9-8-25-47(3,4)46(56)51-40(45(54)55)29-33-17-20-36(21-18-33)60-28-11-26-48-44(53)35-19-24-43(49-30-35)52-50-31-34-14-6-7-16-42(34)62(57,58)59/h5-7,14,16-24,30-31,40H,1-2,8-13,15,25-29H2,3-4H3,(H,48,53)(H,49,52)(H,51,56)(H,54,55)(H,57,58,59)/p+1/b50-31-/t40-/m0/s1. The fraction of sp³-hybridized carbons (Fsp3) is 0.340. The number of hydrogen-bond donors (Lipinski definition) is 5. The highest BCUT2D eigenvalue weighted by atomic mass is 32.2. The number of carbonyl (C=O) groups excluding carboxylic acids is 2. The van der Waals surface area contributed by atoms with Gasteiger partial charge in [-0.05, 0) is 104 Å². The van der Waals surface area contributed by atoms with E-state index in [9.17, 15) is 32.5 Å². The van der Waals surface area contributed by atoms with Crippen LogP contribution >= 0.6 is 0 Å². The third-order valence-corrected chi connectivity index (χ3v) is 11.5. The van der Waals surface area contributed by atoms with Crippen LogP contribution in [0, 0.1) is 5.41 Å². The van der Waals surface area contributed by atoms with E-state index in [1.165, 1.54) is 58.3 Å². The second-order valence-electron chi connectivity index (χ2n) is 15.8. The lowest BCUT2D eigenvalue weighted by Gasteiger charge is -2.26. The zero-order valence-corrected chi connectivity index (χ0v) is 36.1. The Labute approximate surface area is 363 Å². The molecular weight excluding hydrogens is 811 g/mol. The van der Waals surface area contributed by atoms with Crippen molar-refractivity contribution in [2.24, 2.45) is 10.5 Å². The minimum Gasteiger partial charge on any atom is -0.494 e. The number of ether oxygens (including phenoxy) is 2. The molecule has 4 aromatic rings. The molecule has 6 N–H and O–H groups in total. The summed E-state index contributed by atoms with van der Waals surface area (Å²) < 4.78 is 44.5. The van der Waals surface area contributed by atoms with E-state index < -0.39 is 27.5 Å². The van der Waals surface area contributed by atoms with E-state index in [0.717, 1.165) is 49.8 Å². The van der Waals surface area contributed by atoms with Crippen LogP contribution in [-0.2, 0) is 39.0 Å². The summed E-state index contributed by atoms with van der Waals surface area (Å²) in [4.78, 5) is 42.1. The lowest BCUT2D eigenvalue weighted by Crippen LogP contribution is -2.71. The number of fused-ring (bicyclic) bond motifs is 1. The van der Waals surface area contributed by atoms with E-state index in [0.29, 0.717) is 49.7 Å². The van der Waals surface area contributed by atoms with E-state index in [1.54, 1.807) is 42.5 Å². The van der Waals surface area contributed by atoms with Crippen molar-refractivity contribution in [3.05, 3.63) is 132 Å². The molecule has 1 aliphatic rings. The van der Waals surface area contributed by atoms with Crippen LogP contribution in [0.25, 0.3) is 5.57 Å². The van der Waals surface area contributed by atoms with E-state index in [2.05, 4.69) is 39.9 Å². The minimum atomic E-state index is -4.40. The molecule has 2 amide bonds. The number of carbonyl (C=O) groups is 3. The van der Waals surface area contributed by atoms with Crippen molar-refractivity contribution in [3.63, 3.8) is 0 Å². The van der Waals surface area contributed by atoms with Crippen molar-refractivity contribution in [1.29, 1.82) is 0 Å². The number of unbranched alkanes of at least 4 members (excludes halogenated alkanes) is 1. The largest absolute Gasteiger partial charge is 0.494 e. The Morgan fingerprint density at radius 1 is 0.984 bits per heavy atom. The Morgan fingerprint density at radius 3 is 2.45 bits per heavy atom. The minimum absolute atomic E-state index is 0.102. The van der Waals surface area contributed by atoms with Crippen LogP contribution in [0.15, 0.2) is 108 Å². The molecule has 0 bridgehead atoms. The van der Waals surface area contributed by atoms with Crippen molar-refractivity contribution in [2.45, 2.75) is 82.6 Å². The summed E-state index contributed by atoms with van der Waals surface area (Å²) in [6.45, 7) is 13.0. The van der Waals surface area contributed by atoms with Gasteiger partial charge in [0.2, 0.25) is 5.91 Å². The van der Waals surface area contributed by atoms with Crippen LogP contribution in [0.2, 0.25) is 0 Å². The average molecular weight is 867 g/mol. The fourth-order valence-corrected chi connectivity index (χ4v) is 7.75. The molecule has 0 spiro atoms. The number of quaternary nitrogens is 1. The summed E-state index contributed by atoms with van der Waals surface area (Å²) in [6.07, 6.45) is 11.1. The molecule has 1 heterocycles. The highest BCUT2D eigenvalue weighted by Gasteiger charge is 2.31. The topological polar surface area (TPSA) is 210 Å². The van der Waals surface area contributed by atoms with Crippen LogP contribution in [-0.4, -0.2) is 72.9 Å². The molecule has 0 unspecified atom stereocenters. The van der Waals surface area contributed by atoms with Crippen LogP contribution in [0.3, 0.4) is 0 Å². The van der Waals surface area contributed by atoms with Crippen molar-refractivity contribution < 1.29 is 47.4 Å². The van der Waals surface area contributed by atoms with Gasteiger partial charge >= 0.3 is 5.97 Å². The quantitative estimate of drug-likeness (QED) is 0.0142.